The van der Waals surface area contributed by atoms with E-state index in [1.54, 1.807) is 12.1 Å². The van der Waals surface area contributed by atoms with Gasteiger partial charge in [0.2, 0.25) is 0 Å². The Bertz CT molecular complexity index is 988. The number of benzene rings is 2. The van der Waals surface area contributed by atoms with E-state index in [1.807, 2.05) is 0 Å². The van der Waals surface area contributed by atoms with Crippen LogP contribution in [0.1, 0.15) is 0 Å². The molecule has 1 heterocycles. The van der Waals surface area contributed by atoms with Crippen LogP contribution < -0.4 is 14.6 Å². The Balaban J connectivity index is 1.98. The predicted octanol–water partition coefficient (Wildman–Crippen LogP) is 1.63. The molecular weight excluding hydrogens is 308 g/mol. The van der Waals surface area contributed by atoms with Gasteiger partial charge < -0.3 is 18.9 Å². The summed E-state index contributed by atoms with van der Waals surface area (Å²) >= 11 is 0. The normalized spacial score (nSPS) is 11.5. The molecule has 0 radical (unpaired) electrons. The predicted molar refractivity (Wildman–Crippen MR) is 79.7 cm³/mol. The van der Waals surface area contributed by atoms with E-state index in [-0.39, 0.29) is 10.6 Å². The first-order valence-electron chi connectivity index (χ1n) is 6.28. The van der Waals surface area contributed by atoms with Gasteiger partial charge in [-0.05, 0) is 30.3 Å². The monoisotopic (exact) mass is 320 g/mol. The topological polar surface area (TPSA) is 101 Å². The molecule has 0 bridgehead atoms. The number of H-pyrrole nitrogens is 2. The van der Waals surface area contributed by atoms with Crippen LogP contribution in [0.3, 0.4) is 0 Å². The highest BCUT2D eigenvalue weighted by atomic mass is 32.2. The third kappa shape index (κ3) is 2.68. The minimum absolute atomic E-state index is 0.0573. The summed E-state index contributed by atoms with van der Waals surface area (Å²) in [7, 11) is -2.54. The third-order valence-electron chi connectivity index (χ3n) is 3.02. The number of aromatic amines is 2. The Morgan fingerprint density at radius 3 is 2.45 bits per heavy atom. The van der Waals surface area contributed by atoms with Crippen LogP contribution in [0, 0.1) is 0 Å². The SMILES string of the molecule is COc1cccc(OS(=O)(=O)c2ccc3[nH]c(=O)[nH]c3c2)c1. The molecule has 0 fully saturated rings. The number of rotatable bonds is 4. The lowest BCUT2D eigenvalue weighted by atomic mass is 10.3. The van der Waals surface area contributed by atoms with Crippen molar-refractivity contribution >= 4 is 21.2 Å². The van der Waals surface area contributed by atoms with Gasteiger partial charge in [-0.25, -0.2) is 4.79 Å². The van der Waals surface area contributed by atoms with Gasteiger partial charge in [-0.2, -0.15) is 8.42 Å². The van der Waals surface area contributed by atoms with Crippen LogP contribution in [0.25, 0.3) is 11.0 Å². The average Bonchev–Trinajstić information content (AvgIpc) is 2.86. The minimum atomic E-state index is -4.01. The molecule has 0 aliphatic rings. The maximum absolute atomic E-state index is 12.3. The van der Waals surface area contributed by atoms with Gasteiger partial charge in [0, 0.05) is 6.07 Å². The standard InChI is InChI=1S/C14H12N2O5S/c1-20-9-3-2-4-10(7-9)21-22(18,19)11-5-6-12-13(8-11)16-14(17)15-12/h2-8H,1H3,(H2,15,16,17). The molecule has 0 unspecified atom stereocenters. The summed E-state index contributed by atoms with van der Waals surface area (Å²) in [5.41, 5.74) is 0.504. The van der Waals surface area contributed by atoms with E-state index < -0.39 is 15.8 Å². The summed E-state index contributed by atoms with van der Waals surface area (Å²) < 4.78 is 34.7. The maximum atomic E-state index is 12.3. The van der Waals surface area contributed by atoms with E-state index in [2.05, 4.69) is 9.97 Å². The van der Waals surface area contributed by atoms with Crippen LogP contribution in [0.4, 0.5) is 0 Å². The van der Waals surface area contributed by atoms with Crippen molar-refractivity contribution in [3.63, 3.8) is 0 Å². The van der Waals surface area contributed by atoms with Gasteiger partial charge in [-0.15, -0.1) is 0 Å². The quantitative estimate of drug-likeness (QED) is 0.712. The van der Waals surface area contributed by atoms with Crippen LogP contribution in [0.2, 0.25) is 0 Å². The number of hydrogen-bond acceptors (Lipinski definition) is 5. The molecule has 2 N–H and O–H groups in total. The molecule has 114 valence electrons. The molecule has 22 heavy (non-hydrogen) atoms. The van der Waals surface area contributed by atoms with Gasteiger partial charge in [-0.1, -0.05) is 6.07 Å². The van der Waals surface area contributed by atoms with E-state index in [1.165, 1.54) is 37.4 Å². The smallest absolute Gasteiger partial charge is 0.339 e. The first-order chi connectivity index (χ1) is 10.5. The number of hydrogen-bond donors (Lipinski definition) is 2. The van der Waals surface area contributed by atoms with Gasteiger partial charge >= 0.3 is 15.8 Å². The lowest BCUT2D eigenvalue weighted by molar-refractivity contribution is 0.411. The van der Waals surface area contributed by atoms with E-state index >= 15 is 0 Å². The molecule has 7 nitrogen and oxygen atoms in total. The molecule has 8 heteroatoms. The molecular formula is C14H12N2O5S. The van der Waals surface area contributed by atoms with Gasteiger partial charge in [0.1, 0.15) is 16.4 Å². The Kier molecular flexibility index (Phi) is 3.38. The zero-order valence-corrected chi connectivity index (χ0v) is 12.3. The van der Waals surface area contributed by atoms with Crippen LogP contribution in [0.15, 0.2) is 52.2 Å². The van der Waals surface area contributed by atoms with Crippen LogP contribution in [-0.2, 0) is 10.1 Å². The van der Waals surface area contributed by atoms with Crippen molar-refractivity contribution in [3.8, 4) is 11.5 Å². The van der Waals surface area contributed by atoms with Crippen molar-refractivity contribution in [1.29, 1.82) is 0 Å². The molecule has 0 saturated heterocycles. The van der Waals surface area contributed by atoms with Crippen LogP contribution >= 0.6 is 0 Å². The van der Waals surface area contributed by atoms with Crippen LogP contribution in [0.5, 0.6) is 11.5 Å². The molecule has 0 aliphatic carbocycles. The lowest BCUT2D eigenvalue weighted by Crippen LogP contribution is -2.09. The van der Waals surface area contributed by atoms with Gasteiger partial charge in [-0.3, -0.25) is 0 Å². The zero-order chi connectivity index (χ0) is 15.7. The Hall–Kier alpha value is -2.74. The molecule has 0 atom stereocenters. The Morgan fingerprint density at radius 1 is 0.955 bits per heavy atom. The number of fused-ring (bicyclic) bond motifs is 1. The molecule has 0 aliphatic heterocycles. The fraction of sp³-hybridized carbons (Fsp3) is 0.0714. The second-order valence-electron chi connectivity index (χ2n) is 4.50. The second kappa shape index (κ2) is 5.23. The highest BCUT2D eigenvalue weighted by Crippen LogP contribution is 2.24. The molecule has 0 spiro atoms. The second-order valence-corrected chi connectivity index (χ2v) is 6.05. The highest BCUT2D eigenvalue weighted by Gasteiger charge is 2.18. The minimum Gasteiger partial charge on any atom is -0.497 e. The molecule has 1 aromatic heterocycles. The Morgan fingerprint density at radius 2 is 1.68 bits per heavy atom. The first-order valence-corrected chi connectivity index (χ1v) is 7.69. The molecule has 3 aromatic rings. The highest BCUT2D eigenvalue weighted by molar-refractivity contribution is 7.87. The fourth-order valence-electron chi connectivity index (χ4n) is 1.99. The van der Waals surface area contributed by atoms with Crippen molar-refractivity contribution in [3.05, 3.63) is 52.9 Å². The number of imidazole rings is 1. The lowest BCUT2D eigenvalue weighted by Gasteiger charge is -2.08. The summed E-state index contributed by atoms with van der Waals surface area (Å²) in [6.45, 7) is 0. The van der Waals surface area contributed by atoms with Gasteiger partial charge in [0.15, 0.2) is 0 Å². The third-order valence-corrected chi connectivity index (χ3v) is 4.27. The number of methoxy groups -OCH3 is 1. The van der Waals surface area contributed by atoms with E-state index in [0.717, 1.165) is 0 Å². The summed E-state index contributed by atoms with van der Waals surface area (Å²) in [6, 6.07) is 10.5. The van der Waals surface area contributed by atoms with Crippen molar-refractivity contribution in [2.75, 3.05) is 7.11 Å². The van der Waals surface area contributed by atoms with Gasteiger partial charge in [0.25, 0.3) is 0 Å². The van der Waals surface area contributed by atoms with Crippen molar-refractivity contribution < 1.29 is 17.3 Å². The number of ether oxygens (including phenoxy) is 1. The van der Waals surface area contributed by atoms with Crippen molar-refractivity contribution in [2.24, 2.45) is 0 Å². The van der Waals surface area contributed by atoms with E-state index in [4.69, 9.17) is 8.92 Å². The largest absolute Gasteiger partial charge is 0.497 e. The van der Waals surface area contributed by atoms with Gasteiger partial charge in [0.05, 0.1) is 18.1 Å². The van der Waals surface area contributed by atoms with E-state index in [9.17, 15) is 13.2 Å². The van der Waals surface area contributed by atoms with Crippen LogP contribution in [-0.4, -0.2) is 25.5 Å². The summed E-state index contributed by atoms with van der Waals surface area (Å²) in [5.74, 6) is 0.625. The maximum Gasteiger partial charge on any atom is 0.339 e. The average molecular weight is 320 g/mol. The van der Waals surface area contributed by atoms with Crippen molar-refractivity contribution in [2.45, 2.75) is 4.90 Å². The van der Waals surface area contributed by atoms with Crippen molar-refractivity contribution in [1.82, 2.24) is 9.97 Å². The summed E-state index contributed by atoms with van der Waals surface area (Å²) in [5, 5.41) is 0. The van der Waals surface area contributed by atoms with E-state index in [0.29, 0.717) is 16.8 Å². The molecule has 3 rings (SSSR count). The number of aromatic nitrogens is 2. The molecule has 0 saturated carbocycles. The zero-order valence-electron chi connectivity index (χ0n) is 11.5. The summed E-state index contributed by atoms with van der Waals surface area (Å²) in [4.78, 5) is 16.2. The molecule has 2 aromatic carbocycles. The Labute approximate surface area is 125 Å². The first kappa shape index (κ1) is 14.2. The fourth-order valence-corrected chi connectivity index (χ4v) is 2.95. The number of nitrogens with one attached hydrogen (secondary N) is 2. The summed E-state index contributed by atoms with van der Waals surface area (Å²) in [6.07, 6.45) is 0. The molecule has 0 amide bonds.